The zero-order chi connectivity index (χ0) is 18.9. The zero-order valence-electron chi connectivity index (χ0n) is 16.9. The maximum absolute atomic E-state index is 4.61. The van der Waals surface area contributed by atoms with E-state index in [1.165, 1.54) is 24.2 Å². The highest BCUT2D eigenvalue weighted by molar-refractivity contribution is 7.99. The molecule has 5 heteroatoms. The lowest BCUT2D eigenvalue weighted by atomic mass is 10.1. The van der Waals surface area contributed by atoms with Gasteiger partial charge in [-0.15, -0.1) is 6.58 Å². The van der Waals surface area contributed by atoms with Crippen LogP contribution in [-0.4, -0.2) is 49.1 Å². The Balaban J connectivity index is 4.24. The molecule has 0 bridgehead atoms. The summed E-state index contributed by atoms with van der Waals surface area (Å²) in [5, 5.41) is 7.40. The maximum atomic E-state index is 4.61. The number of nitrogens with zero attached hydrogens (tertiary/aromatic N) is 1. The van der Waals surface area contributed by atoms with Gasteiger partial charge in [0, 0.05) is 42.3 Å². The molecule has 0 aromatic rings. The minimum absolute atomic E-state index is 0.345. The molecule has 0 rings (SSSR count). The van der Waals surface area contributed by atoms with Gasteiger partial charge in [0.2, 0.25) is 0 Å². The Morgan fingerprint density at radius 2 is 2.08 bits per heavy atom. The van der Waals surface area contributed by atoms with Gasteiger partial charge in [0.1, 0.15) is 0 Å². The molecule has 0 amide bonds. The van der Waals surface area contributed by atoms with Gasteiger partial charge in [-0.3, -0.25) is 0 Å². The van der Waals surface area contributed by atoms with Crippen LogP contribution in [0.15, 0.2) is 28.7 Å². The molecule has 0 aliphatic heterocycles. The van der Waals surface area contributed by atoms with E-state index in [-0.39, 0.29) is 0 Å². The van der Waals surface area contributed by atoms with Crippen molar-refractivity contribution in [3.8, 4) is 0 Å². The number of rotatable bonds is 16. The van der Waals surface area contributed by atoms with Crippen molar-refractivity contribution >= 4 is 29.9 Å². The highest BCUT2D eigenvalue weighted by atomic mass is 32.2. The van der Waals surface area contributed by atoms with Gasteiger partial charge in [-0.1, -0.05) is 38.0 Å². The molecular formula is C20H39N3S2. The zero-order valence-corrected chi connectivity index (χ0v) is 18.5. The number of hydrogen-bond donors (Lipinski definition) is 2. The summed E-state index contributed by atoms with van der Waals surface area (Å²) in [5.74, 6) is 2.65. The molecule has 0 radical (unpaired) electrons. The highest BCUT2D eigenvalue weighted by Gasteiger charge is 2.07. The van der Waals surface area contributed by atoms with Crippen LogP contribution < -0.4 is 10.6 Å². The van der Waals surface area contributed by atoms with Gasteiger partial charge < -0.3 is 10.6 Å². The first kappa shape index (κ1) is 24.8. The molecule has 3 nitrogen and oxygen atoms in total. The quantitative estimate of drug-likeness (QED) is 0.170. The molecule has 146 valence electrons. The molecule has 0 fully saturated rings. The minimum Gasteiger partial charge on any atom is -0.316 e. The van der Waals surface area contributed by atoms with Crippen molar-refractivity contribution in [3.63, 3.8) is 0 Å². The van der Waals surface area contributed by atoms with Crippen molar-refractivity contribution < 1.29 is 0 Å². The third-order valence-electron chi connectivity index (χ3n) is 3.64. The number of thioether (sulfide) groups is 1. The minimum atomic E-state index is 0.345. The number of hydrogen-bond acceptors (Lipinski definition) is 5. The fourth-order valence-electron chi connectivity index (χ4n) is 2.11. The summed E-state index contributed by atoms with van der Waals surface area (Å²) in [5.41, 5.74) is 1.27. The van der Waals surface area contributed by atoms with Crippen LogP contribution in [0, 0.1) is 5.92 Å². The van der Waals surface area contributed by atoms with E-state index < -0.39 is 0 Å². The lowest BCUT2D eigenvalue weighted by Crippen LogP contribution is -2.33. The number of likely N-dealkylation sites (N-methyl/N-ethyl adjacent to an activating group) is 1. The molecule has 0 aliphatic carbocycles. The van der Waals surface area contributed by atoms with E-state index in [0.717, 1.165) is 25.3 Å². The smallest absolute Gasteiger partial charge is 0.0254 e. The molecule has 0 heterocycles. The van der Waals surface area contributed by atoms with E-state index in [9.17, 15) is 0 Å². The molecule has 25 heavy (non-hydrogen) atoms. The average molecular weight is 386 g/mol. The van der Waals surface area contributed by atoms with E-state index in [1.807, 2.05) is 18.8 Å². The van der Waals surface area contributed by atoms with E-state index in [1.54, 1.807) is 11.9 Å². The van der Waals surface area contributed by atoms with Crippen molar-refractivity contribution in [3.05, 3.63) is 24.3 Å². The van der Waals surface area contributed by atoms with E-state index in [0.29, 0.717) is 17.2 Å². The molecule has 0 saturated carbocycles. The Bertz CT molecular complexity index is 383. The summed E-state index contributed by atoms with van der Waals surface area (Å²) in [6.45, 7) is 14.6. The Hall–Kier alpha value is -0.230. The SMILES string of the molecule is C=C(C)CCSCC(C)NCC(C=NSC(C)CCC)/C=C\CNC. The van der Waals surface area contributed by atoms with Gasteiger partial charge in [0.25, 0.3) is 0 Å². The van der Waals surface area contributed by atoms with Crippen LogP contribution in [0.1, 0.15) is 47.0 Å². The van der Waals surface area contributed by atoms with Crippen molar-refractivity contribution in [2.24, 2.45) is 10.3 Å². The van der Waals surface area contributed by atoms with Crippen LogP contribution in [-0.2, 0) is 0 Å². The van der Waals surface area contributed by atoms with E-state index in [4.69, 9.17) is 0 Å². The topological polar surface area (TPSA) is 36.4 Å². The van der Waals surface area contributed by atoms with Crippen LogP contribution in [0.2, 0.25) is 0 Å². The second kappa shape index (κ2) is 17.2. The van der Waals surface area contributed by atoms with Gasteiger partial charge in [0.05, 0.1) is 0 Å². The van der Waals surface area contributed by atoms with Crippen molar-refractivity contribution in [2.45, 2.75) is 58.2 Å². The normalized spacial score (nSPS) is 15.7. The number of allylic oxidation sites excluding steroid dienone is 1. The second-order valence-electron chi connectivity index (χ2n) is 6.70. The largest absolute Gasteiger partial charge is 0.316 e. The highest BCUT2D eigenvalue weighted by Crippen LogP contribution is 2.16. The van der Waals surface area contributed by atoms with Crippen molar-refractivity contribution in [2.75, 3.05) is 31.6 Å². The van der Waals surface area contributed by atoms with Crippen molar-refractivity contribution in [1.29, 1.82) is 0 Å². The predicted molar refractivity (Wildman–Crippen MR) is 121 cm³/mol. The van der Waals surface area contributed by atoms with Gasteiger partial charge in [-0.2, -0.15) is 11.8 Å². The number of nitrogens with one attached hydrogen (secondary N) is 2. The van der Waals surface area contributed by atoms with Gasteiger partial charge >= 0.3 is 0 Å². The molecule has 0 aromatic heterocycles. The third kappa shape index (κ3) is 17.0. The Kier molecular flexibility index (Phi) is 17.0. The maximum Gasteiger partial charge on any atom is 0.0254 e. The molecule has 3 atom stereocenters. The first-order chi connectivity index (χ1) is 12.0. The lowest BCUT2D eigenvalue weighted by Gasteiger charge is -2.16. The van der Waals surface area contributed by atoms with E-state index >= 15 is 0 Å². The third-order valence-corrected chi connectivity index (χ3v) is 5.70. The molecule has 0 saturated heterocycles. The monoisotopic (exact) mass is 385 g/mol. The summed E-state index contributed by atoms with van der Waals surface area (Å²) < 4.78 is 4.61. The Morgan fingerprint density at radius 1 is 1.32 bits per heavy atom. The van der Waals surface area contributed by atoms with Crippen LogP contribution >= 0.6 is 23.7 Å². The standard InChI is InChI=1S/C20H39N3S2/c1-7-9-19(5)25-23-15-20(10-8-12-21-6)14-22-18(4)16-24-13-11-17(2)3/h8,10,15,18-22H,2,7,9,11-14,16H2,1,3-6H3/b10-8-,23-15?. The first-order valence-corrected chi connectivity index (χ1v) is 11.4. The fraction of sp³-hybridized carbons (Fsp3) is 0.750. The summed E-state index contributed by atoms with van der Waals surface area (Å²) in [4.78, 5) is 0. The van der Waals surface area contributed by atoms with Gasteiger partial charge in [0.15, 0.2) is 0 Å². The first-order valence-electron chi connectivity index (χ1n) is 9.45. The van der Waals surface area contributed by atoms with Gasteiger partial charge in [-0.25, -0.2) is 4.40 Å². The molecule has 0 aliphatic rings. The molecule has 2 N–H and O–H groups in total. The summed E-state index contributed by atoms with van der Waals surface area (Å²) in [6.07, 6.45) is 10.1. The van der Waals surface area contributed by atoms with Crippen molar-refractivity contribution in [1.82, 2.24) is 10.6 Å². The molecule has 0 spiro atoms. The predicted octanol–water partition coefficient (Wildman–Crippen LogP) is 4.96. The average Bonchev–Trinajstić information content (AvgIpc) is 2.56. The summed E-state index contributed by atoms with van der Waals surface area (Å²) in [7, 11) is 1.97. The van der Waals surface area contributed by atoms with Crippen LogP contribution in [0.25, 0.3) is 0 Å². The molecule has 3 unspecified atom stereocenters. The summed E-state index contributed by atoms with van der Waals surface area (Å²) >= 11 is 3.70. The van der Waals surface area contributed by atoms with Crippen LogP contribution in [0.4, 0.5) is 0 Å². The Morgan fingerprint density at radius 3 is 2.72 bits per heavy atom. The Labute approximate surface area is 165 Å². The lowest BCUT2D eigenvalue weighted by molar-refractivity contribution is 0.575. The molecule has 0 aromatic carbocycles. The fourth-order valence-corrected chi connectivity index (χ4v) is 4.02. The van der Waals surface area contributed by atoms with Crippen LogP contribution in [0.5, 0.6) is 0 Å². The van der Waals surface area contributed by atoms with Gasteiger partial charge in [-0.05, 0) is 51.4 Å². The summed E-state index contributed by atoms with van der Waals surface area (Å²) in [6, 6.07) is 0.510. The second-order valence-corrected chi connectivity index (χ2v) is 9.08. The molecular weight excluding hydrogens is 346 g/mol. The van der Waals surface area contributed by atoms with E-state index in [2.05, 4.69) is 67.7 Å². The van der Waals surface area contributed by atoms with Crippen LogP contribution in [0.3, 0.4) is 0 Å².